The Kier molecular flexibility index (Phi) is 7.82. The number of carbonyl (C=O) groups excluding carboxylic acids is 1. The number of nitrogens with zero attached hydrogens (tertiary/aromatic N) is 3. The Hall–Kier alpha value is -3.17. The van der Waals surface area contributed by atoms with E-state index in [0.717, 1.165) is 4.90 Å². The number of phosphoric ester groups is 1. The van der Waals surface area contributed by atoms with Crippen LogP contribution < -0.4 is 15.4 Å². The molecule has 1 aliphatic heterocycles. The fourth-order valence-electron chi connectivity index (χ4n) is 3.07. The van der Waals surface area contributed by atoms with E-state index in [2.05, 4.69) is 4.52 Å². The van der Waals surface area contributed by atoms with Gasteiger partial charge in [-0.3, -0.25) is 34.3 Å². The van der Waals surface area contributed by atoms with Gasteiger partial charge in [0.1, 0.15) is 24.4 Å². The highest BCUT2D eigenvalue weighted by Crippen LogP contribution is 2.48. The van der Waals surface area contributed by atoms with Gasteiger partial charge in [-0.05, 0) is 12.8 Å². The molecule has 0 fully saturated rings. The van der Waals surface area contributed by atoms with Crippen molar-refractivity contribution in [3.63, 3.8) is 0 Å². The van der Waals surface area contributed by atoms with Gasteiger partial charge in [0.2, 0.25) is 11.7 Å². The molecule has 0 saturated carbocycles. The zero-order valence-corrected chi connectivity index (χ0v) is 17.2. The number of carboxylic acids is 1. The minimum atomic E-state index is -4.81. The largest absolute Gasteiger partial charge is 0.484 e. The van der Waals surface area contributed by atoms with Crippen LogP contribution in [-0.2, 0) is 25.1 Å². The summed E-state index contributed by atoms with van der Waals surface area (Å²) in [4.78, 5) is 63.0. The predicted molar refractivity (Wildman–Crippen MR) is 104 cm³/mol. The number of rotatable bonds is 11. The van der Waals surface area contributed by atoms with Crippen LogP contribution in [-0.4, -0.2) is 62.4 Å². The van der Waals surface area contributed by atoms with E-state index in [1.165, 1.54) is 0 Å². The second-order valence-electron chi connectivity index (χ2n) is 6.54. The molecule has 1 unspecified atom stereocenters. The van der Waals surface area contributed by atoms with Crippen molar-refractivity contribution in [3.8, 4) is 5.75 Å². The summed E-state index contributed by atoms with van der Waals surface area (Å²) in [6.45, 7) is -1.26. The molecule has 16 nitrogen and oxygen atoms in total. The minimum Gasteiger partial charge on any atom is -0.484 e. The SMILES string of the molecule is NC(CCC(=O)N1CCc2c(OCCOP(=O)(O)O)c([N+](=O)[O-])cc([N+](=O)[O-])c21)C(=O)O. The maximum Gasteiger partial charge on any atom is 0.469 e. The Morgan fingerprint density at radius 1 is 1.22 bits per heavy atom. The molecule has 1 aromatic rings. The van der Waals surface area contributed by atoms with E-state index in [1.807, 2.05) is 0 Å². The van der Waals surface area contributed by atoms with Gasteiger partial charge in [-0.2, -0.15) is 0 Å². The quantitative estimate of drug-likeness (QED) is 0.142. The summed E-state index contributed by atoms with van der Waals surface area (Å²) >= 11 is 0. The molecular weight excluding hydrogens is 459 g/mol. The number of benzene rings is 1. The van der Waals surface area contributed by atoms with Crippen molar-refractivity contribution in [1.82, 2.24) is 0 Å². The fraction of sp³-hybridized carbons (Fsp3) is 0.467. The number of ether oxygens (including phenoxy) is 1. The number of nitro groups is 2. The lowest BCUT2D eigenvalue weighted by Gasteiger charge is -2.18. The Bertz CT molecular complexity index is 993. The number of amides is 1. The molecule has 17 heteroatoms. The van der Waals surface area contributed by atoms with E-state index < -0.39 is 65.9 Å². The molecule has 1 aromatic carbocycles. The highest BCUT2D eigenvalue weighted by Gasteiger charge is 2.39. The summed E-state index contributed by atoms with van der Waals surface area (Å²) < 4.78 is 20.2. The zero-order valence-electron chi connectivity index (χ0n) is 16.3. The van der Waals surface area contributed by atoms with Crippen LogP contribution in [0.2, 0.25) is 0 Å². The third-order valence-electron chi connectivity index (χ3n) is 4.43. The lowest BCUT2D eigenvalue weighted by molar-refractivity contribution is -0.394. The average molecular weight is 478 g/mol. The molecule has 1 amide bonds. The first kappa shape index (κ1) is 25.1. The van der Waals surface area contributed by atoms with E-state index in [1.54, 1.807) is 0 Å². The minimum absolute atomic E-state index is 0.0158. The maximum atomic E-state index is 12.6. The molecule has 32 heavy (non-hydrogen) atoms. The molecule has 1 heterocycles. The van der Waals surface area contributed by atoms with Crippen LogP contribution in [0.15, 0.2) is 6.07 Å². The molecule has 0 aliphatic carbocycles. The molecule has 0 spiro atoms. The number of fused-ring (bicyclic) bond motifs is 1. The third kappa shape index (κ3) is 5.95. The summed E-state index contributed by atoms with van der Waals surface area (Å²) in [7, 11) is -4.81. The first-order chi connectivity index (χ1) is 14.8. The number of nitrogens with two attached hydrogens (primary N) is 1. The first-order valence-corrected chi connectivity index (χ1v) is 10.5. The topological polar surface area (TPSA) is 246 Å². The summed E-state index contributed by atoms with van der Waals surface area (Å²) in [6.07, 6.45) is -0.625. The van der Waals surface area contributed by atoms with Crippen molar-refractivity contribution < 1.29 is 48.2 Å². The van der Waals surface area contributed by atoms with Crippen molar-refractivity contribution in [2.45, 2.75) is 25.3 Å². The predicted octanol–water partition coefficient (Wildman–Crippen LogP) is 0.0723. The lowest BCUT2D eigenvalue weighted by atomic mass is 10.1. The van der Waals surface area contributed by atoms with Gasteiger partial charge in [0.05, 0.1) is 16.5 Å². The number of phosphoric acid groups is 1. The van der Waals surface area contributed by atoms with Crippen LogP contribution in [0.3, 0.4) is 0 Å². The Balaban J connectivity index is 2.40. The third-order valence-corrected chi connectivity index (χ3v) is 4.95. The van der Waals surface area contributed by atoms with Crippen LogP contribution in [0, 0.1) is 20.2 Å². The zero-order chi connectivity index (χ0) is 24.2. The highest BCUT2D eigenvalue weighted by atomic mass is 31.2. The normalized spacial score (nSPS) is 14.0. The lowest BCUT2D eigenvalue weighted by Crippen LogP contribution is -2.34. The van der Waals surface area contributed by atoms with Crippen molar-refractivity contribution in [2.24, 2.45) is 5.73 Å². The summed E-state index contributed by atoms with van der Waals surface area (Å²) in [6, 6.07) is -0.701. The van der Waals surface area contributed by atoms with Crippen molar-refractivity contribution in [2.75, 3.05) is 24.7 Å². The van der Waals surface area contributed by atoms with Crippen LogP contribution in [0.4, 0.5) is 17.1 Å². The van der Waals surface area contributed by atoms with Crippen molar-refractivity contribution in [3.05, 3.63) is 31.9 Å². The van der Waals surface area contributed by atoms with E-state index in [-0.39, 0.29) is 37.1 Å². The standard InChI is InChI=1S/C15H19N4O12P/c16-9(15(21)22)1-2-12(20)17-4-3-8-13(17)10(18(23)24)7-11(19(25)26)14(8)30-5-6-31-32(27,28)29/h7,9H,1-6,16H2,(H,21,22)(H2,27,28,29). The second-order valence-corrected chi connectivity index (χ2v) is 7.78. The molecule has 0 saturated heterocycles. The smallest absolute Gasteiger partial charge is 0.469 e. The van der Waals surface area contributed by atoms with Gasteiger partial charge in [0.15, 0.2) is 0 Å². The number of hydrogen-bond donors (Lipinski definition) is 4. The van der Waals surface area contributed by atoms with E-state index in [0.29, 0.717) is 6.07 Å². The molecule has 0 aromatic heterocycles. The average Bonchev–Trinajstić information content (AvgIpc) is 3.12. The molecule has 1 atom stereocenters. The van der Waals surface area contributed by atoms with Gasteiger partial charge in [-0.1, -0.05) is 0 Å². The monoisotopic (exact) mass is 478 g/mol. The van der Waals surface area contributed by atoms with Crippen LogP contribution >= 0.6 is 7.82 Å². The first-order valence-electron chi connectivity index (χ1n) is 8.93. The summed E-state index contributed by atoms with van der Waals surface area (Å²) in [5.41, 5.74) is 3.63. The Morgan fingerprint density at radius 2 is 1.84 bits per heavy atom. The molecule has 5 N–H and O–H groups in total. The van der Waals surface area contributed by atoms with Gasteiger partial charge in [-0.25, -0.2) is 4.57 Å². The number of aliphatic carboxylic acids is 1. The number of carbonyl (C=O) groups is 2. The molecule has 1 aliphatic rings. The highest BCUT2D eigenvalue weighted by molar-refractivity contribution is 7.46. The van der Waals surface area contributed by atoms with Gasteiger partial charge < -0.3 is 30.3 Å². The number of anilines is 1. The fourth-order valence-corrected chi connectivity index (χ4v) is 3.38. The Labute approximate surface area is 179 Å². The van der Waals surface area contributed by atoms with Crippen LogP contribution in [0.25, 0.3) is 0 Å². The number of nitro benzene ring substituents is 2. The van der Waals surface area contributed by atoms with Crippen molar-refractivity contribution >= 4 is 36.8 Å². The Morgan fingerprint density at radius 3 is 2.38 bits per heavy atom. The van der Waals surface area contributed by atoms with Gasteiger partial charge in [0, 0.05) is 18.5 Å². The number of hydrogen-bond acceptors (Lipinski definition) is 10. The molecule has 2 rings (SSSR count). The number of carboxylic acid groups (broad SMARTS) is 1. The molecule has 176 valence electrons. The van der Waals surface area contributed by atoms with Crippen molar-refractivity contribution in [1.29, 1.82) is 0 Å². The van der Waals surface area contributed by atoms with Crippen LogP contribution in [0.1, 0.15) is 18.4 Å². The van der Waals surface area contributed by atoms with Gasteiger partial charge in [-0.15, -0.1) is 0 Å². The van der Waals surface area contributed by atoms with E-state index in [9.17, 15) is 34.4 Å². The van der Waals surface area contributed by atoms with Gasteiger partial charge >= 0.3 is 19.5 Å². The van der Waals surface area contributed by atoms with Crippen LogP contribution in [0.5, 0.6) is 5.75 Å². The van der Waals surface area contributed by atoms with Gasteiger partial charge in [0.25, 0.3) is 5.69 Å². The van der Waals surface area contributed by atoms with E-state index >= 15 is 0 Å². The maximum absolute atomic E-state index is 12.6. The molecule has 0 bridgehead atoms. The summed E-state index contributed by atoms with van der Waals surface area (Å²) in [5.74, 6) is -2.40. The molecular formula is C15H19N4O12P. The molecule has 0 radical (unpaired) electrons. The van der Waals surface area contributed by atoms with E-state index in [4.69, 9.17) is 25.4 Å². The second kappa shape index (κ2) is 9.97. The summed E-state index contributed by atoms with van der Waals surface area (Å²) in [5, 5.41) is 31.8.